The van der Waals surface area contributed by atoms with E-state index in [1.807, 2.05) is 0 Å². The molecule has 0 saturated carbocycles. The van der Waals surface area contributed by atoms with E-state index in [-0.39, 0.29) is 24.2 Å². The maximum Gasteiger partial charge on any atom is 0.311 e. The molecule has 19 heavy (non-hydrogen) atoms. The van der Waals surface area contributed by atoms with Gasteiger partial charge in [-0.05, 0) is 0 Å². The van der Waals surface area contributed by atoms with Crippen molar-refractivity contribution in [2.45, 2.75) is 6.10 Å². The molecule has 1 aromatic heterocycles. The van der Waals surface area contributed by atoms with Gasteiger partial charge < -0.3 is 19.5 Å². The largest absolute Gasteiger partial charge is 0.481 e. The van der Waals surface area contributed by atoms with Crippen LogP contribution in [0.3, 0.4) is 0 Å². The highest BCUT2D eigenvalue weighted by Gasteiger charge is 2.27. The van der Waals surface area contributed by atoms with Crippen molar-refractivity contribution in [3.05, 3.63) is 22.2 Å². The van der Waals surface area contributed by atoms with Crippen LogP contribution in [-0.4, -0.2) is 54.5 Å². The summed E-state index contributed by atoms with van der Waals surface area (Å²) in [6, 6.07) is 2.82. The molecule has 1 atom stereocenters. The summed E-state index contributed by atoms with van der Waals surface area (Å²) in [6.45, 7) is 1.10. The number of rotatable bonds is 4. The standard InChI is InChI=1S/C11H15N3O5/c1-18-10-3-2-9(14(16)17)11(12-10)13-4-5-19-8(6-13)7-15/h2-3,8,15H,4-7H2,1H3. The van der Waals surface area contributed by atoms with Crippen LogP contribution >= 0.6 is 0 Å². The number of hydrogen-bond donors (Lipinski definition) is 1. The molecule has 0 spiro atoms. The molecule has 1 aliphatic heterocycles. The van der Waals surface area contributed by atoms with Crippen LogP contribution < -0.4 is 9.64 Å². The summed E-state index contributed by atoms with van der Waals surface area (Å²) >= 11 is 0. The molecule has 8 nitrogen and oxygen atoms in total. The molecular formula is C11H15N3O5. The Kier molecular flexibility index (Phi) is 4.13. The first-order valence-corrected chi connectivity index (χ1v) is 5.82. The van der Waals surface area contributed by atoms with Crippen molar-refractivity contribution < 1.29 is 19.5 Å². The molecule has 0 radical (unpaired) electrons. The van der Waals surface area contributed by atoms with Gasteiger partial charge in [-0.3, -0.25) is 10.1 Å². The number of hydrogen-bond acceptors (Lipinski definition) is 7. The highest BCUT2D eigenvalue weighted by molar-refractivity contribution is 5.59. The molecule has 0 bridgehead atoms. The van der Waals surface area contributed by atoms with E-state index < -0.39 is 4.92 Å². The SMILES string of the molecule is COc1ccc([N+](=O)[O-])c(N2CCOC(CO)C2)n1. The number of morpholine rings is 1. The molecule has 1 N–H and O–H groups in total. The molecule has 8 heteroatoms. The number of anilines is 1. The zero-order valence-corrected chi connectivity index (χ0v) is 10.5. The number of pyridine rings is 1. The predicted molar refractivity (Wildman–Crippen MR) is 66.5 cm³/mol. The van der Waals surface area contributed by atoms with E-state index in [0.29, 0.717) is 25.6 Å². The normalized spacial score (nSPS) is 19.3. The first-order chi connectivity index (χ1) is 9.15. The smallest absolute Gasteiger partial charge is 0.311 e. The molecule has 1 unspecified atom stereocenters. The predicted octanol–water partition coefficient (Wildman–Crippen LogP) is 0.196. The second kappa shape index (κ2) is 5.81. The second-order valence-electron chi connectivity index (χ2n) is 4.07. The van der Waals surface area contributed by atoms with Crippen LogP contribution in [0.15, 0.2) is 12.1 Å². The third kappa shape index (κ3) is 2.91. The number of aliphatic hydroxyl groups excluding tert-OH is 1. The quantitative estimate of drug-likeness (QED) is 0.615. The van der Waals surface area contributed by atoms with E-state index in [2.05, 4.69) is 4.98 Å². The highest BCUT2D eigenvalue weighted by atomic mass is 16.6. The highest BCUT2D eigenvalue weighted by Crippen LogP contribution is 2.29. The van der Waals surface area contributed by atoms with Crippen molar-refractivity contribution in [1.29, 1.82) is 0 Å². The number of methoxy groups -OCH3 is 1. The number of nitro groups is 1. The van der Waals surface area contributed by atoms with E-state index in [0.717, 1.165) is 0 Å². The molecule has 2 heterocycles. The lowest BCUT2D eigenvalue weighted by Gasteiger charge is -2.32. The van der Waals surface area contributed by atoms with Crippen molar-refractivity contribution in [3.63, 3.8) is 0 Å². The van der Waals surface area contributed by atoms with Gasteiger partial charge in [-0.2, -0.15) is 4.98 Å². The van der Waals surface area contributed by atoms with Crippen molar-refractivity contribution >= 4 is 11.5 Å². The Morgan fingerprint density at radius 1 is 1.68 bits per heavy atom. The van der Waals surface area contributed by atoms with E-state index in [9.17, 15) is 10.1 Å². The van der Waals surface area contributed by atoms with Crippen LogP contribution in [0.25, 0.3) is 0 Å². The first-order valence-electron chi connectivity index (χ1n) is 5.82. The summed E-state index contributed by atoms with van der Waals surface area (Å²) in [5.74, 6) is 0.554. The fourth-order valence-corrected chi connectivity index (χ4v) is 1.93. The van der Waals surface area contributed by atoms with Crippen LogP contribution in [0.4, 0.5) is 11.5 Å². The number of aliphatic hydroxyl groups is 1. The van der Waals surface area contributed by atoms with Crippen LogP contribution in [-0.2, 0) is 4.74 Å². The molecule has 0 amide bonds. The van der Waals surface area contributed by atoms with E-state index in [1.54, 1.807) is 4.90 Å². The molecule has 1 aliphatic rings. The van der Waals surface area contributed by atoms with Gasteiger partial charge in [0.2, 0.25) is 11.7 Å². The van der Waals surface area contributed by atoms with Crippen LogP contribution in [0, 0.1) is 10.1 Å². The number of aromatic nitrogens is 1. The molecule has 1 saturated heterocycles. The third-order valence-corrected chi connectivity index (χ3v) is 2.88. The molecule has 2 rings (SSSR count). The molecule has 1 fully saturated rings. The summed E-state index contributed by atoms with van der Waals surface area (Å²) in [6.07, 6.45) is -0.360. The topological polar surface area (TPSA) is 98.0 Å². The minimum absolute atomic E-state index is 0.0839. The average molecular weight is 269 g/mol. The van der Waals surface area contributed by atoms with Gasteiger partial charge in [-0.25, -0.2) is 0 Å². The average Bonchev–Trinajstić information content (AvgIpc) is 2.46. The zero-order valence-electron chi connectivity index (χ0n) is 10.5. The Hall–Kier alpha value is -1.93. The molecule has 0 aromatic carbocycles. The summed E-state index contributed by atoms with van der Waals surface area (Å²) < 4.78 is 10.3. The third-order valence-electron chi connectivity index (χ3n) is 2.88. The Balaban J connectivity index is 2.32. The maximum atomic E-state index is 11.0. The summed E-state index contributed by atoms with van der Waals surface area (Å²) in [4.78, 5) is 16.4. The lowest BCUT2D eigenvalue weighted by molar-refractivity contribution is -0.384. The fourth-order valence-electron chi connectivity index (χ4n) is 1.93. The maximum absolute atomic E-state index is 11.0. The van der Waals surface area contributed by atoms with E-state index in [1.165, 1.54) is 19.2 Å². The van der Waals surface area contributed by atoms with Crippen molar-refractivity contribution in [2.24, 2.45) is 0 Å². The van der Waals surface area contributed by atoms with Gasteiger partial charge in [0.05, 0.1) is 31.4 Å². The van der Waals surface area contributed by atoms with Gasteiger partial charge in [0, 0.05) is 25.2 Å². The summed E-state index contributed by atoms with van der Waals surface area (Å²) in [7, 11) is 1.45. The van der Waals surface area contributed by atoms with Crippen LogP contribution in [0.5, 0.6) is 5.88 Å². The molecular weight excluding hydrogens is 254 g/mol. The first kappa shape index (κ1) is 13.5. The van der Waals surface area contributed by atoms with E-state index >= 15 is 0 Å². The Labute approximate surface area is 109 Å². The number of ether oxygens (including phenoxy) is 2. The van der Waals surface area contributed by atoms with Crippen molar-refractivity contribution in [1.82, 2.24) is 4.98 Å². The molecule has 1 aromatic rings. The molecule has 0 aliphatic carbocycles. The minimum Gasteiger partial charge on any atom is -0.481 e. The van der Waals surface area contributed by atoms with Gasteiger partial charge in [0.1, 0.15) is 0 Å². The van der Waals surface area contributed by atoms with Gasteiger partial charge in [-0.15, -0.1) is 0 Å². The number of nitrogens with zero attached hydrogens (tertiary/aromatic N) is 3. The van der Waals surface area contributed by atoms with Gasteiger partial charge >= 0.3 is 5.69 Å². The summed E-state index contributed by atoms with van der Waals surface area (Å²) in [5, 5.41) is 20.1. The fraction of sp³-hybridized carbons (Fsp3) is 0.545. The Bertz CT molecular complexity index is 468. The van der Waals surface area contributed by atoms with Gasteiger partial charge in [-0.1, -0.05) is 0 Å². The zero-order chi connectivity index (χ0) is 13.8. The van der Waals surface area contributed by atoms with Crippen molar-refractivity contribution in [3.8, 4) is 5.88 Å². The Morgan fingerprint density at radius 3 is 3.11 bits per heavy atom. The monoisotopic (exact) mass is 269 g/mol. The second-order valence-corrected chi connectivity index (χ2v) is 4.07. The van der Waals surface area contributed by atoms with Crippen LogP contribution in [0.1, 0.15) is 0 Å². The Morgan fingerprint density at radius 2 is 2.47 bits per heavy atom. The van der Waals surface area contributed by atoms with Crippen molar-refractivity contribution in [2.75, 3.05) is 38.3 Å². The minimum atomic E-state index is -0.481. The van der Waals surface area contributed by atoms with Crippen LogP contribution in [0.2, 0.25) is 0 Å². The van der Waals surface area contributed by atoms with E-state index in [4.69, 9.17) is 14.6 Å². The lowest BCUT2D eigenvalue weighted by atomic mass is 10.2. The van der Waals surface area contributed by atoms with Gasteiger partial charge in [0.25, 0.3) is 0 Å². The van der Waals surface area contributed by atoms with Gasteiger partial charge in [0.15, 0.2) is 0 Å². The lowest BCUT2D eigenvalue weighted by Crippen LogP contribution is -2.44. The summed E-state index contributed by atoms with van der Waals surface area (Å²) in [5.41, 5.74) is -0.0839. The molecule has 104 valence electrons.